The number of nitrogens with one attached hydrogen (secondary N) is 1. The highest BCUT2D eigenvalue weighted by atomic mass is 19.1. The second-order valence-corrected chi connectivity index (χ2v) is 4.13. The van der Waals surface area contributed by atoms with Crippen LogP contribution < -0.4 is 15.8 Å². The summed E-state index contributed by atoms with van der Waals surface area (Å²) in [6, 6.07) is 13.2. The normalized spacial score (nSPS) is 9.85. The average molecular weight is 271 g/mol. The van der Waals surface area contributed by atoms with Gasteiger partial charge < -0.3 is 15.8 Å². The second kappa shape index (κ2) is 6.55. The van der Waals surface area contributed by atoms with Crippen LogP contribution in [-0.2, 0) is 0 Å². The largest absolute Gasteiger partial charge is 0.492 e. The lowest BCUT2D eigenvalue weighted by Gasteiger charge is -2.09. The molecule has 4 nitrogen and oxygen atoms in total. The third-order valence-corrected chi connectivity index (χ3v) is 2.56. The molecule has 0 radical (unpaired) electrons. The molecule has 0 unspecified atom stereocenters. The molecule has 0 bridgehead atoms. The first kappa shape index (κ1) is 13.8. The summed E-state index contributed by atoms with van der Waals surface area (Å²) in [5, 5.41) is 11.8. The molecule has 0 aliphatic carbocycles. The number of hydrogen-bond acceptors (Lipinski definition) is 4. The number of ether oxygens (including phenoxy) is 1. The minimum atomic E-state index is -0.450. The fraction of sp³-hybridized carbons (Fsp3) is 0.133. The van der Waals surface area contributed by atoms with E-state index in [1.165, 1.54) is 12.1 Å². The van der Waals surface area contributed by atoms with Crippen LogP contribution in [0.3, 0.4) is 0 Å². The van der Waals surface area contributed by atoms with Crippen LogP contribution in [0.4, 0.5) is 15.8 Å². The van der Waals surface area contributed by atoms with Crippen LogP contribution in [-0.4, -0.2) is 13.2 Å². The van der Waals surface area contributed by atoms with Gasteiger partial charge in [0.05, 0.1) is 11.6 Å². The van der Waals surface area contributed by atoms with Gasteiger partial charge in [0.1, 0.15) is 18.2 Å². The first-order chi connectivity index (χ1) is 9.71. The van der Waals surface area contributed by atoms with Gasteiger partial charge in [-0.3, -0.25) is 0 Å². The van der Waals surface area contributed by atoms with E-state index < -0.39 is 5.82 Å². The number of halogens is 1. The van der Waals surface area contributed by atoms with E-state index >= 15 is 0 Å². The minimum Gasteiger partial charge on any atom is -0.492 e. The Morgan fingerprint density at radius 1 is 1.15 bits per heavy atom. The molecule has 0 amide bonds. The molecule has 0 heterocycles. The zero-order valence-electron chi connectivity index (χ0n) is 10.8. The van der Waals surface area contributed by atoms with Crippen LogP contribution >= 0.6 is 0 Å². The Kier molecular flexibility index (Phi) is 4.53. The zero-order valence-corrected chi connectivity index (χ0v) is 10.8. The van der Waals surface area contributed by atoms with Crippen molar-refractivity contribution in [2.24, 2.45) is 5.73 Å². The summed E-state index contributed by atoms with van der Waals surface area (Å²) in [5.41, 5.74) is 6.93. The average Bonchev–Trinajstić information content (AvgIpc) is 2.46. The SMILES string of the molecule is N#Cc1cc(F)cc(Nc2ccc(OCCN)cc2)c1. The molecule has 102 valence electrons. The summed E-state index contributed by atoms with van der Waals surface area (Å²) in [4.78, 5) is 0. The maximum absolute atomic E-state index is 13.3. The van der Waals surface area contributed by atoms with Gasteiger partial charge in [0.15, 0.2) is 0 Å². The summed E-state index contributed by atoms with van der Waals surface area (Å²) in [5.74, 6) is 0.271. The van der Waals surface area contributed by atoms with Gasteiger partial charge in [-0.15, -0.1) is 0 Å². The van der Waals surface area contributed by atoms with Crippen molar-refractivity contribution in [2.45, 2.75) is 0 Å². The molecule has 0 saturated heterocycles. The number of hydrogen-bond donors (Lipinski definition) is 2. The van der Waals surface area contributed by atoms with E-state index in [4.69, 9.17) is 15.7 Å². The topological polar surface area (TPSA) is 71.1 Å². The molecular weight excluding hydrogens is 257 g/mol. The Morgan fingerprint density at radius 2 is 1.90 bits per heavy atom. The Bertz CT molecular complexity index is 620. The van der Waals surface area contributed by atoms with Crippen LogP contribution in [0.25, 0.3) is 0 Å². The molecule has 20 heavy (non-hydrogen) atoms. The Hall–Kier alpha value is -2.58. The quantitative estimate of drug-likeness (QED) is 0.877. The highest BCUT2D eigenvalue weighted by molar-refractivity contribution is 5.62. The smallest absolute Gasteiger partial charge is 0.126 e. The van der Waals surface area contributed by atoms with E-state index in [-0.39, 0.29) is 5.56 Å². The second-order valence-electron chi connectivity index (χ2n) is 4.13. The van der Waals surface area contributed by atoms with E-state index in [2.05, 4.69) is 5.32 Å². The predicted molar refractivity (Wildman–Crippen MR) is 75.4 cm³/mol. The molecular formula is C15H14FN3O. The monoisotopic (exact) mass is 271 g/mol. The van der Waals surface area contributed by atoms with Gasteiger partial charge >= 0.3 is 0 Å². The van der Waals surface area contributed by atoms with Gasteiger partial charge in [-0.1, -0.05) is 0 Å². The van der Waals surface area contributed by atoms with Gasteiger partial charge in [0, 0.05) is 17.9 Å². The lowest BCUT2D eigenvalue weighted by molar-refractivity contribution is 0.328. The molecule has 3 N–H and O–H groups in total. The molecule has 2 aromatic carbocycles. The van der Waals surface area contributed by atoms with Crippen molar-refractivity contribution in [2.75, 3.05) is 18.5 Å². The van der Waals surface area contributed by atoms with Gasteiger partial charge in [-0.05, 0) is 42.5 Å². The first-order valence-corrected chi connectivity index (χ1v) is 6.12. The summed E-state index contributed by atoms with van der Waals surface area (Å²) in [6.07, 6.45) is 0. The molecule has 5 heteroatoms. The molecule has 2 rings (SSSR count). The van der Waals surface area contributed by atoms with E-state index in [1.54, 1.807) is 18.2 Å². The van der Waals surface area contributed by atoms with Crippen molar-refractivity contribution in [3.05, 3.63) is 53.8 Å². The fourth-order valence-electron chi connectivity index (χ4n) is 1.70. The molecule has 2 aromatic rings. The molecule has 0 aliphatic rings. The number of anilines is 2. The molecule has 0 aromatic heterocycles. The Morgan fingerprint density at radius 3 is 2.55 bits per heavy atom. The van der Waals surface area contributed by atoms with Gasteiger partial charge in [-0.2, -0.15) is 5.26 Å². The van der Waals surface area contributed by atoms with Crippen molar-refractivity contribution in [3.8, 4) is 11.8 Å². The van der Waals surface area contributed by atoms with Crippen molar-refractivity contribution >= 4 is 11.4 Å². The van der Waals surface area contributed by atoms with E-state index in [0.717, 1.165) is 11.4 Å². The number of rotatable bonds is 5. The lowest BCUT2D eigenvalue weighted by Crippen LogP contribution is -2.10. The number of nitriles is 1. The maximum atomic E-state index is 13.3. The highest BCUT2D eigenvalue weighted by Gasteiger charge is 2.01. The van der Waals surface area contributed by atoms with E-state index in [0.29, 0.717) is 18.8 Å². The molecule has 0 atom stereocenters. The van der Waals surface area contributed by atoms with Crippen molar-refractivity contribution < 1.29 is 9.13 Å². The first-order valence-electron chi connectivity index (χ1n) is 6.12. The predicted octanol–water partition coefficient (Wildman–Crippen LogP) is 2.78. The highest BCUT2D eigenvalue weighted by Crippen LogP contribution is 2.21. The number of nitrogens with zero attached hydrogens (tertiary/aromatic N) is 1. The van der Waals surface area contributed by atoms with Crippen LogP contribution in [0.5, 0.6) is 5.75 Å². The number of benzene rings is 2. The fourth-order valence-corrected chi connectivity index (χ4v) is 1.70. The minimum absolute atomic E-state index is 0.274. The van der Waals surface area contributed by atoms with Gasteiger partial charge in [-0.25, -0.2) is 4.39 Å². The zero-order chi connectivity index (χ0) is 14.4. The van der Waals surface area contributed by atoms with Crippen molar-refractivity contribution in [3.63, 3.8) is 0 Å². The summed E-state index contributed by atoms with van der Waals surface area (Å²) >= 11 is 0. The third-order valence-electron chi connectivity index (χ3n) is 2.56. The van der Waals surface area contributed by atoms with Crippen LogP contribution in [0, 0.1) is 17.1 Å². The van der Waals surface area contributed by atoms with Crippen LogP contribution in [0.2, 0.25) is 0 Å². The van der Waals surface area contributed by atoms with E-state index in [1.807, 2.05) is 18.2 Å². The Labute approximate surface area is 116 Å². The number of nitrogens with two attached hydrogens (primary N) is 1. The lowest BCUT2D eigenvalue weighted by atomic mass is 10.2. The van der Waals surface area contributed by atoms with E-state index in [9.17, 15) is 4.39 Å². The summed E-state index contributed by atoms with van der Waals surface area (Å²) in [7, 11) is 0. The standard InChI is InChI=1S/C15H14FN3O/c16-12-7-11(10-18)8-14(9-12)19-13-1-3-15(4-2-13)20-6-5-17/h1-4,7-9,19H,5-6,17H2. The maximum Gasteiger partial charge on any atom is 0.126 e. The summed E-state index contributed by atoms with van der Waals surface area (Å²) in [6.45, 7) is 0.919. The van der Waals surface area contributed by atoms with Crippen LogP contribution in [0.15, 0.2) is 42.5 Å². The molecule has 0 saturated carbocycles. The van der Waals surface area contributed by atoms with Crippen molar-refractivity contribution in [1.82, 2.24) is 0 Å². The Balaban J connectivity index is 2.10. The third kappa shape index (κ3) is 3.70. The van der Waals surface area contributed by atoms with Crippen molar-refractivity contribution in [1.29, 1.82) is 5.26 Å². The van der Waals surface area contributed by atoms with Gasteiger partial charge in [0.2, 0.25) is 0 Å². The summed E-state index contributed by atoms with van der Waals surface area (Å²) < 4.78 is 18.7. The van der Waals surface area contributed by atoms with Crippen LogP contribution in [0.1, 0.15) is 5.56 Å². The molecule has 0 fully saturated rings. The molecule has 0 aliphatic heterocycles. The van der Waals surface area contributed by atoms with Gasteiger partial charge in [0.25, 0.3) is 0 Å². The molecule has 0 spiro atoms.